The molecular weight excluding hydrogens is 470 g/mol. The number of benzene rings is 1. The van der Waals surface area contributed by atoms with Crippen LogP contribution in [0.1, 0.15) is 31.7 Å². The zero-order valence-corrected chi connectivity index (χ0v) is 20.2. The number of carbonyl (C=O) groups excluding carboxylic acids is 1. The highest BCUT2D eigenvalue weighted by atomic mass is 16.5. The van der Waals surface area contributed by atoms with E-state index in [4.69, 9.17) is 10.5 Å². The van der Waals surface area contributed by atoms with E-state index in [1.54, 1.807) is 0 Å². The number of amides is 1. The summed E-state index contributed by atoms with van der Waals surface area (Å²) in [5.41, 5.74) is 12.9. The van der Waals surface area contributed by atoms with Crippen LogP contribution in [-0.4, -0.2) is 59.1 Å². The predicted molar refractivity (Wildman–Crippen MR) is 138 cm³/mol. The molecule has 2 aliphatic rings. The first-order valence-corrected chi connectivity index (χ1v) is 12.6. The summed E-state index contributed by atoms with van der Waals surface area (Å²) in [5, 5.41) is 12.3. The van der Waals surface area contributed by atoms with Crippen LogP contribution >= 0.6 is 0 Å². The Morgan fingerprint density at radius 3 is 2.78 bits per heavy atom. The number of nitrogens with zero attached hydrogens (tertiary/aromatic N) is 7. The van der Waals surface area contributed by atoms with Crippen LogP contribution in [-0.2, 0) is 16.1 Å². The molecule has 0 aliphatic carbocycles. The Balaban J connectivity index is 1.34. The first-order valence-electron chi connectivity index (χ1n) is 12.6. The number of carbonyl (C=O) groups is 1. The van der Waals surface area contributed by atoms with E-state index in [-0.39, 0.29) is 18.0 Å². The van der Waals surface area contributed by atoms with Gasteiger partial charge in [-0.3, -0.25) is 9.48 Å². The molecule has 11 nitrogen and oxygen atoms in total. The van der Waals surface area contributed by atoms with Gasteiger partial charge in [0.2, 0.25) is 5.91 Å². The topological polar surface area (TPSA) is 130 Å². The van der Waals surface area contributed by atoms with Crippen LogP contribution in [0.25, 0.3) is 39.1 Å². The fourth-order valence-electron chi connectivity index (χ4n) is 5.63. The first kappa shape index (κ1) is 22.0. The van der Waals surface area contributed by atoms with Crippen molar-refractivity contribution in [1.29, 1.82) is 0 Å². The number of ether oxygens (including phenoxy) is 1. The maximum Gasteiger partial charge on any atom is 0.220 e. The van der Waals surface area contributed by atoms with Gasteiger partial charge >= 0.3 is 0 Å². The van der Waals surface area contributed by atoms with Crippen molar-refractivity contribution >= 4 is 28.3 Å². The van der Waals surface area contributed by atoms with Crippen molar-refractivity contribution in [2.45, 2.75) is 44.3 Å². The van der Waals surface area contributed by atoms with E-state index < -0.39 is 0 Å². The van der Waals surface area contributed by atoms with Crippen LogP contribution in [0.2, 0.25) is 0 Å². The van der Waals surface area contributed by atoms with E-state index in [1.165, 1.54) is 6.33 Å². The minimum absolute atomic E-state index is 0.111. The summed E-state index contributed by atoms with van der Waals surface area (Å²) in [7, 11) is 0. The van der Waals surface area contributed by atoms with E-state index in [0.717, 1.165) is 71.5 Å². The lowest BCUT2D eigenvalue weighted by molar-refractivity contribution is -0.119. The molecule has 37 heavy (non-hydrogen) atoms. The Morgan fingerprint density at radius 1 is 1.05 bits per heavy atom. The second kappa shape index (κ2) is 8.70. The van der Waals surface area contributed by atoms with Gasteiger partial charge in [-0.15, -0.1) is 0 Å². The second-order valence-corrected chi connectivity index (χ2v) is 9.76. The molecule has 0 saturated carbocycles. The Labute approximate surface area is 212 Å². The second-order valence-electron chi connectivity index (χ2n) is 9.76. The number of anilines is 1. The zero-order valence-electron chi connectivity index (χ0n) is 20.2. The van der Waals surface area contributed by atoms with E-state index in [2.05, 4.69) is 52.9 Å². The molecule has 188 valence electrons. The van der Waals surface area contributed by atoms with Gasteiger partial charge in [0.15, 0.2) is 5.82 Å². The number of fused-ring (bicyclic) bond motifs is 2. The molecule has 2 fully saturated rings. The van der Waals surface area contributed by atoms with Crippen LogP contribution < -0.4 is 11.1 Å². The number of hydrogen-bond donors (Lipinski definition) is 2. The van der Waals surface area contributed by atoms with Crippen molar-refractivity contribution in [2.24, 2.45) is 0 Å². The molecule has 0 unspecified atom stereocenters. The standard InChI is InChI=1S/C26H27N9O2/c27-26-25-19(21-5-8-30-34(21)18-6-9-37-10-7-18)12-22(35(25)31-14-28-26)16-1-3-20-23(11-16)33(15-29-20)13-17-2-4-24(36)32-17/h1,3,5,8,11-12,14-15,17-18H,2,4,6-7,9-10,13H2,(H,32,36)(H2,27,28,31)/t17-/m1/s1. The molecule has 0 bridgehead atoms. The van der Waals surface area contributed by atoms with E-state index >= 15 is 0 Å². The molecule has 5 aromatic rings. The Hall–Kier alpha value is -4.25. The van der Waals surface area contributed by atoms with Gasteiger partial charge in [0, 0.05) is 49.5 Å². The van der Waals surface area contributed by atoms with Gasteiger partial charge in [-0.05, 0) is 43.5 Å². The first-order chi connectivity index (χ1) is 18.2. The zero-order chi connectivity index (χ0) is 24.9. The number of nitrogens with two attached hydrogens (primary N) is 1. The van der Waals surface area contributed by atoms with Crippen molar-refractivity contribution in [2.75, 3.05) is 18.9 Å². The third-order valence-electron chi connectivity index (χ3n) is 7.48. The molecule has 0 radical (unpaired) electrons. The van der Waals surface area contributed by atoms with Crippen LogP contribution in [0.5, 0.6) is 0 Å². The number of nitrogens with one attached hydrogen (secondary N) is 1. The average Bonchev–Trinajstić information content (AvgIpc) is 3.71. The highest BCUT2D eigenvalue weighted by Gasteiger charge is 2.25. The Morgan fingerprint density at radius 2 is 1.95 bits per heavy atom. The van der Waals surface area contributed by atoms with Crippen LogP contribution in [0.15, 0.2) is 49.2 Å². The van der Waals surface area contributed by atoms with Gasteiger partial charge in [0.1, 0.15) is 11.8 Å². The number of imidazole rings is 1. The van der Waals surface area contributed by atoms with Gasteiger partial charge in [-0.1, -0.05) is 6.07 Å². The average molecular weight is 498 g/mol. The molecule has 2 saturated heterocycles. The van der Waals surface area contributed by atoms with Crippen LogP contribution in [0.4, 0.5) is 5.82 Å². The number of nitrogen functional groups attached to an aromatic ring is 1. The number of hydrogen-bond acceptors (Lipinski definition) is 7. The SMILES string of the molecule is Nc1ncnn2c(-c3ccc4ncn(C[C@H]5CCC(=O)N5)c4c3)cc(-c3ccnn3C3CCOCC3)c12. The normalized spacial score (nSPS) is 18.7. The minimum atomic E-state index is 0.111. The summed E-state index contributed by atoms with van der Waals surface area (Å²) in [4.78, 5) is 20.6. The Bertz CT molecular complexity index is 1630. The molecule has 7 rings (SSSR count). The molecule has 11 heteroatoms. The quantitative estimate of drug-likeness (QED) is 0.382. The van der Waals surface area contributed by atoms with Gasteiger partial charge in [0.25, 0.3) is 0 Å². The van der Waals surface area contributed by atoms with Gasteiger partial charge in [-0.25, -0.2) is 14.5 Å². The maximum absolute atomic E-state index is 11.7. The number of rotatable bonds is 5. The third kappa shape index (κ3) is 3.73. The summed E-state index contributed by atoms with van der Waals surface area (Å²) >= 11 is 0. The molecule has 0 spiro atoms. The van der Waals surface area contributed by atoms with Crippen molar-refractivity contribution in [3.8, 4) is 22.5 Å². The van der Waals surface area contributed by atoms with Crippen molar-refractivity contribution in [1.82, 2.24) is 39.2 Å². The minimum Gasteiger partial charge on any atom is -0.382 e. The molecule has 1 atom stereocenters. The van der Waals surface area contributed by atoms with Crippen LogP contribution in [0, 0.1) is 0 Å². The summed E-state index contributed by atoms with van der Waals surface area (Å²) < 4.78 is 11.6. The molecule has 6 heterocycles. The monoisotopic (exact) mass is 497 g/mol. The third-order valence-corrected chi connectivity index (χ3v) is 7.48. The van der Waals surface area contributed by atoms with Crippen LogP contribution in [0.3, 0.4) is 0 Å². The summed E-state index contributed by atoms with van der Waals surface area (Å²) in [5.74, 6) is 0.527. The maximum atomic E-state index is 11.7. The molecular formula is C26H27N9O2. The smallest absolute Gasteiger partial charge is 0.220 e. The van der Waals surface area contributed by atoms with E-state index in [9.17, 15) is 4.79 Å². The summed E-state index contributed by atoms with van der Waals surface area (Å²) in [6.07, 6.45) is 8.41. The molecule has 4 aromatic heterocycles. The fraction of sp³-hybridized carbons (Fsp3) is 0.346. The highest BCUT2D eigenvalue weighted by molar-refractivity contribution is 5.92. The van der Waals surface area contributed by atoms with Gasteiger partial charge < -0.3 is 20.4 Å². The highest BCUT2D eigenvalue weighted by Crippen LogP contribution is 2.37. The van der Waals surface area contributed by atoms with Gasteiger partial charge in [-0.2, -0.15) is 10.2 Å². The van der Waals surface area contributed by atoms with Gasteiger partial charge in [0.05, 0.1) is 34.8 Å². The lowest BCUT2D eigenvalue weighted by Gasteiger charge is -2.24. The van der Waals surface area contributed by atoms with E-state index in [1.807, 2.05) is 29.2 Å². The molecule has 2 aliphatic heterocycles. The fourth-order valence-corrected chi connectivity index (χ4v) is 5.63. The van der Waals surface area contributed by atoms with Crippen molar-refractivity contribution < 1.29 is 9.53 Å². The summed E-state index contributed by atoms with van der Waals surface area (Å²) in [6.45, 7) is 2.15. The molecule has 1 amide bonds. The summed E-state index contributed by atoms with van der Waals surface area (Å²) in [6, 6.07) is 10.7. The van der Waals surface area contributed by atoms with Crippen molar-refractivity contribution in [3.05, 3.63) is 49.2 Å². The predicted octanol–water partition coefficient (Wildman–Crippen LogP) is 2.82. The largest absolute Gasteiger partial charge is 0.382 e. The number of aromatic nitrogens is 7. The lowest BCUT2D eigenvalue weighted by Crippen LogP contribution is -2.29. The lowest BCUT2D eigenvalue weighted by atomic mass is 10.1. The Kier molecular flexibility index (Phi) is 5.17. The van der Waals surface area contributed by atoms with Crippen molar-refractivity contribution in [3.63, 3.8) is 0 Å². The molecule has 3 N–H and O–H groups in total. The molecule has 1 aromatic carbocycles. The van der Waals surface area contributed by atoms with E-state index in [0.29, 0.717) is 18.8 Å².